The summed E-state index contributed by atoms with van der Waals surface area (Å²) in [6, 6.07) is 0.907. The molecule has 21 heavy (non-hydrogen) atoms. The number of carboxylic acids is 1. The number of rotatable bonds is 9. The van der Waals surface area contributed by atoms with Crippen LogP contribution >= 0.6 is 0 Å². The van der Waals surface area contributed by atoms with Crippen molar-refractivity contribution in [2.75, 3.05) is 13.1 Å². The van der Waals surface area contributed by atoms with Crippen molar-refractivity contribution < 1.29 is 9.90 Å². The molecule has 0 saturated heterocycles. The van der Waals surface area contributed by atoms with Gasteiger partial charge in [-0.25, -0.2) is 0 Å². The lowest BCUT2D eigenvalue weighted by Crippen LogP contribution is -2.52. The summed E-state index contributed by atoms with van der Waals surface area (Å²) in [4.78, 5) is 14.1. The van der Waals surface area contributed by atoms with Crippen LogP contribution in [0.1, 0.15) is 72.6 Å². The average molecular weight is 298 g/mol. The summed E-state index contributed by atoms with van der Waals surface area (Å²) >= 11 is 0. The van der Waals surface area contributed by atoms with E-state index in [2.05, 4.69) is 17.1 Å². The fraction of sp³-hybridized carbons (Fsp3) is 0.941. The third-order valence-corrected chi connectivity index (χ3v) is 4.70. The Bertz CT molecular complexity index is 314. The number of hydrogen-bond donors (Lipinski definition) is 2. The van der Waals surface area contributed by atoms with Crippen LogP contribution < -0.4 is 5.32 Å². The SMILES string of the molecule is CCN(CCCC(C)(NC(C)C)C(=O)O)C1CCCCC1. The molecule has 0 amide bonds. The quantitative estimate of drug-likeness (QED) is 0.686. The molecular formula is C17H34N2O2. The van der Waals surface area contributed by atoms with Crippen LogP contribution in [-0.4, -0.2) is 46.7 Å². The fourth-order valence-electron chi connectivity index (χ4n) is 3.56. The first-order chi connectivity index (χ1) is 9.89. The molecule has 1 aliphatic carbocycles. The van der Waals surface area contributed by atoms with Crippen molar-refractivity contribution in [2.24, 2.45) is 0 Å². The Labute approximate surface area is 130 Å². The first-order valence-electron chi connectivity index (χ1n) is 8.64. The first-order valence-corrected chi connectivity index (χ1v) is 8.64. The van der Waals surface area contributed by atoms with E-state index in [-0.39, 0.29) is 6.04 Å². The van der Waals surface area contributed by atoms with Gasteiger partial charge in [-0.1, -0.05) is 26.2 Å². The Balaban J connectivity index is 2.45. The summed E-state index contributed by atoms with van der Waals surface area (Å²) in [5, 5.41) is 12.7. The van der Waals surface area contributed by atoms with E-state index in [0.29, 0.717) is 6.42 Å². The van der Waals surface area contributed by atoms with Gasteiger partial charge in [-0.15, -0.1) is 0 Å². The highest BCUT2D eigenvalue weighted by atomic mass is 16.4. The van der Waals surface area contributed by atoms with Crippen LogP contribution in [0, 0.1) is 0 Å². The molecule has 124 valence electrons. The Morgan fingerprint density at radius 3 is 2.43 bits per heavy atom. The smallest absolute Gasteiger partial charge is 0.323 e. The van der Waals surface area contributed by atoms with E-state index in [9.17, 15) is 9.90 Å². The zero-order valence-corrected chi connectivity index (χ0v) is 14.3. The molecule has 1 unspecified atom stereocenters. The van der Waals surface area contributed by atoms with Crippen LogP contribution in [0.5, 0.6) is 0 Å². The summed E-state index contributed by atoms with van der Waals surface area (Å²) in [6.07, 6.45) is 8.33. The van der Waals surface area contributed by atoms with Gasteiger partial charge in [-0.2, -0.15) is 0 Å². The second-order valence-corrected chi connectivity index (χ2v) is 6.96. The third kappa shape index (κ3) is 5.95. The average Bonchev–Trinajstić information content (AvgIpc) is 2.43. The molecule has 0 radical (unpaired) electrons. The van der Waals surface area contributed by atoms with Crippen molar-refractivity contribution in [3.8, 4) is 0 Å². The standard InChI is InChI=1S/C17H34N2O2/c1-5-19(15-10-7-6-8-11-15)13-9-12-17(4,16(20)21)18-14(2)3/h14-15,18H,5-13H2,1-4H3,(H,20,21). The molecule has 0 aromatic heterocycles. The molecule has 0 spiro atoms. The second-order valence-electron chi connectivity index (χ2n) is 6.96. The van der Waals surface area contributed by atoms with E-state index >= 15 is 0 Å². The van der Waals surface area contributed by atoms with Crippen LogP contribution in [0.2, 0.25) is 0 Å². The number of carbonyl (C=O) groups is 1. The number of carboxylic acid groups (broad SMARTS) is 1. The molecule has 0 aromatic carbocycles. The van der Waals surface area contributed by atoms with E-state index in [1.807, 2.05) is 20.8 Å². The lowest BCUT2D eigenvalue weighted by molar-refractivity contribution is -0.144. The number of nitrogens with zero attached hydrogens (tertiary/aromatic N) is 1. The molecule has 2 N–H and O–H groups in total. The van der Waals surface area contributed by atoms with E-state index in [0.717, 1.165) is 25.6 Å². The Kier molecular flexibility index (Phi) is 7.67. The summed E-state index contributed by atoms with van der Waals surface area (Å²) in [5.41, 5.74) is -0.805. The van der Waals surface area contributed by atoms with Crippen molar-refractivity contribution in [2.45, 2.75) is 90.3 Å². The molecule has 0 bridgehead atoms. The minimum atomic E-state index is -0.805. The number of aliphatic carboxylic acids is 1. The number of hydrogen-bond acceptors (Lipinski definition) is 3. The van der Waals surface area contributed by atoms with Gasteiger partial charge in [-0.05, 0) is 59.5 Å². The summed E-state index contributed by atoms with van der Waals surface area (Å²) in [6.45, 7) is 10.1. The second kappa shape index (κ2) is 8.74. The van der Waals surface area contributed by atoms with Gasteiger partial charge >= 0.3 is 5.97 Å². The van der Waals surface area contributed by atoms with Crippen molar-refractivity contribution >= 4 is 5.97 Å². The van der Waals surface area contributed by atoms with Gasteiger partial charge in [0.25, 0.3) is 0 Å². The highest BCUT2D eigenvalue weighted by Crippen LogP contribution is 2.23. The van der Waals surface area contributed by atoms with Gasteiger partial charge in [-0.3, -0.25) is 10.1 Å². The highest BCUT2D eigenvalue weighted by molar-refractivity contribution is 5.78. The van der Waals surface area contributed by atoms with Crippen LogP contribution in [0.3, 0.4) is 0 Å². The first kappa shape index (κ1) is 18.4. The molecule has 1 aliphatic rings. The van der Waals surface area contributed by atoms with Crippen LogP contribution in [0.4, 0.5) is 0 Å². The van der Waals surface area contributed by atoms with Crippen LogP contribution in [0.15, 0.2) is 0 Å². The van der Waals surface area contributed by atoms with Gasteiger partial charge in [0.15, 0.2) is 0 Å². The van der Waals surface area contributed by atoms with Gasteiger partial charge in [0.1, 0.15) is 5.54 Å². The zero-order valence-electron chi connectivity index (χ0n) is 14.3. The van der Waals surface area contributed by atoms with Crippen LogP contribution in [-0.2, 0) is 4.79 Å². The summed E-state index contributed by atoms with van der Waals surface area (Å²) in [5.74, 6) is -0.739. The molecule has 1 atom stereocenters. The van der Waals surface area contributed by atoms with Crippen LogP contribution in [0.25, 0.3) is 0 Å². The molecule has 1 rings (SSSR count). The highest BCUT2D eigenvalue weighted by Gasteiger charge is 2.33. The van der Waals surface area contributed by atoms with Gasteiger partial charge in [0.05, 0.1) is 0 Å². The lowest BCUT2D eigenvalue weighted by atomic mass is 9.92. The predicted molar refractivity (Wildman–Crippen MR) is 87.7 cm³/mol. The molecule has 0 aromatic rings. The molecular weight excluding hydrogens is 264 g/mol. The summed E-state index contributed by atoms with van der Waals surface area (Å²) < 4.78 is 0. The monoisotopic (exact) mass is 298 g/mol. The number of nitrogens with one attached hydrogen (secondary N) is 1. The van der Waals surface area contributed by atoms with E-state index in [4.69, 9.17) is 0 Å². The van der Waals surface area contributed by atoms with Crippen molar-refractivity contribution in [1.29, 1.82) is 0 Å². The van der Waals surface area contributed by atoms with Gasteiger partial charge < -0.3 is 10.0 Å². The maximum absolute atomic E-state index is 11.5. The minimum absolute atomic E-state index is 0.187. The third-order valence-electron chi connectivity index (χ3n) is 4.70. The van der Waals surface area contributed by atoms with E-state index < -0.39 is 11.5 Å². The maximum atomic E-state index is 11.5. The normalized spacial score (nSPS) is 19.9. The molecule has 0 heterocycles. The Morgan fingerprint density at radius 1 is 1.33 bits per heavy atom. The predicted octanol–water partition coefficient (Wildman–Crippen LogP) is 3.26. The maximum Gasteiger partial charge on any atom is 0.323 e. The van der Waals surface area contributed by atoms with Gasteiger partial charge in [0, 0.05) is 12.1 Å². The molecule has 0 aliphatic heterocycles. The van der Waals surface area contributed by atoms with Crippen molar-refractivity contribution in [3.63, 3.8) is 0 Å². The summed E-state index contributed by atoms with van der Waals surface area (Å²) in [7, 11) is 0. The van der Waals surface area contributed by atoms with Crippen molar-refractivity contribution in [1.82, 2.24) is 10.2 Å². The molecule has 4 heteroatoms. The van der Waals surface area contributed by atoms with Crippen molar-refractivity contribution in [3.05, 3.63) is 0 Å². The Morgan fingerprint density at radius 2 is 1.95 bits per heavy atom. The van der Waals surface area contributed by atoms with E-state index in [1.54, 1.807) is 0 Å². The zero-order chi connectivity index (χ0) is 15.9. The molecule has 1 fully saturated rings. The fourth-order valence-corrected chi connectivity index (χ4v) is 3.56. The topological polar surface area (TPSA) is 52.6 Å². The Hall–Kier alpha value is -0.610. The molecule has 4 nitrogen and oxygen atoms in total. The largest absolute Gasteiger partial charge is 0.480 e. The molecule has 1 saturated carbocycles. The van der Waals surface area contributed by atoms with Gasteiger partial charge in [0.2, 0.25) is 0 Å². The minimum Gasteiger partial charge on any atom is -0.480 e. The van der Waals surface area contributed by atoms with E-state index in [1.165, 1.54) is 32.1 Å². The lowest BCUT2D eigenvalue weighted by Gasteiger charge is -2.35.